The van der Waals surface area contributed by atoms with E-state index in [4.69, 9.17) is 11.6 Å². The summed E-state index contributed by atoms with van der Waals surface area (Å²) in [5.74, 6) is -0.973. The van der Waals surface area contributed by atoms with E-state index in [0.29, 0.717) is 20.9 Å². The molecule has 1 N–H and O–H groups in total. The molecule has 3 aromatic rings. The van der Waals surface area contributed by atoms with Crippen molar-refractivity contribution in [3.05, 3.63) is 50.8 Å². The van der Waals surface area contributed by atoms with Crippen LogP contribution in [-0.2, 0) is 0 Å². The van der Waals surface area contributed by atoms with Crippen molar-refractivity contribution in [3.8, 4) is 10.6 Å². The second-order valence-electron chi connectivity index (χ2n) is 4.10. The molecule has 0 amide bonds. The lowest BCUT2D eigenvalue weighted by atomic mass is 10.1. The average Bonchev–Trinajstić information content (AvgIpc) is 2.85. The lowest BCUT2D eigenvalue weighted by Crippen LogP contribution is -2.00. The Bertz CT molecular complexity index is 831. The zero-order valence-corrected chi connectivity index (χ0v) is 13.1. The fourth-order valence-electron chi connectivity index (χ4n) is 1.97. The van der Waals surface area contributed by atoms with Gasteiger partial charge < -0.3 is 5.11 Å². The fraction of sp³-hybridized carbons (Fsp3) is 0. The SMILES string of the molecule is O=C(O)c1cc(-c2ccc(Cl)s2)nc2c(Br)cccc12. The van der Waals surface area contributed by atoms with E-state index in [2.05, 4.69) is 20.9 Å². The number of para-hydroxylation sites is 1. The molecule has 0 aliphatic carbocycles. The number of carboxylic acids is 1. The number of halogens is 2. The van der Waals surface area contributed by atoms with E-state index in [1.54, 1.807) is 24.3 Å². The van der Waals surface area contributed by atoms with Crippen molar-refractivity contribution in [2.24, 2.45) is 0 Å². The Morgan fingerprint density at radius 1 is 1.30 bits per heavy atom. The third-order valence-electron chi connectivity index (χ3n) is 2.85. The fourth-order valence-corrected chi connectivity index (χ4v) is 3.43. The van der Waals surface area contributed by atoms with Gasteiger partial charge in [0.2, 0.25) is 0 Å². The molecule has 1 aromatic carbocycles. The predicted molar refractivity (Wildman–Crippen MR) is 84.7 cm³/mol. The van der Waals surface area contributed by atoms with Crippen LogP contribution in [-0.4, -0.2) is 16.1 Å². The molecule has 20 heavy (non-hydrogen) atoms. The van der Waals surface area contributed by atoms with Gasteiger partial charge in [-0.15, -0.1) is 11.3 Å². The van der Waals surface area contributed by atoms with Gasteiger partial charge in [-0.2, -0.15) is 0 Å². The molecule has 3 rings (SSSR count). The van der Waals surface area contributed by atoms with Crippen LogP contribution in [0.15, 0.2) is 40.9 Å². The van der Waals surface area contributed by atoms with E-state index in [9.17, 15) is 9.90 Å². The van der Waals surface area contributed by atoms with Crippen LogP contribution in [0.25, 0.3) is 21.5 Å². The molecule has 0 saturated carbocycles. The predicted octanol–water partition coefficient (Wildman–Crippen LogP) is 5.08. The van der Waals surface area contributed by atoms with Gasteiger partial charge in [0.15, 0.2) is 0 Å². The van der Waals surface area contributed by atoms with Crippen LogP contribution < -0.4 is 0 Å². The second kappa shape index (κ2) is 5.16. The van der Waals surface area contributed by atoms with Gasteiger partial charge in [-0.25, -0.2) is 9.78 Å². The van der Waals surface area contributed by atoms with Gasteiger partial charge in [0.25, 0.3) is 0 Å². The lowest BCUT2D eigenvalue weighted by molar-refractivity contribution is 0.0699. The van der Waals surface area contributed by atoms with Gasteiger partial charge in [-0.3, -0.25) is 0 Å². The third kappa shape index (κ3) is 2.32. The Hall–Kier alpha value is -1.43. The molecule has 2 heterocycles. The highest BCUT2D eigenvalue weighted by atomic mass is 79.9. The lowest BCUT2D eigenvalue weighted by Gasteiger charge is -2.07. The summed E-state index contributed by atoms with van der Waals surface area (Å²) in [5.41, 5.74) is 1.47. The minimum absolute atomic E-state index is 0.232. The number of rotatable bonds is 2. The van der Waals surface area contributed by atoms with Gasteiger partial charge >= 0.3 is 5.97 Å². The summed E-state index contributed by atoms with van der Waals surface area (Å²) in [6.07, 6.45) is 0. The van der Waals surface area contributed by atoms with Gasteiger partial charge in [-0.1, -0.05) is 23.7 Å². The Morgan fingerprint density at radius 2 is 2.10 bits per heavy atom. The summed E-state index contributed by atoms with van der Waals surface area (Å²) < 4.78 is 1.41. The number of carbonyl (C=O) groups is 1. The zero-order valence-electron chi connectivity index (χ0n) is 9.93. The molecule has 0 spiro atoms. The molecule has 0 radical (unpaired) electrons. The highest BCUT2D eigenvalue weighted by molar-refractivity contribution is 9.10. The van der Waals surface area contributed by atoms with Crippen LogP contribution in [0.2, 0.25) is 4.34 Å². The van der Waals surface area contributed by atoms with E-state index in [1.165, 1.54) is 11.3 Å². The normalized spacial score (nSPS) is 10.9. The molecule has 0 aliphatic heterocycles. The van der Waals surface area contributed by atoms with Crippen molar-refractivity contribution < 1.29 is 9.90 Å². The van der Waals surface area contributed by atoms with Crippen molar-refractivity contribution in [1.82, 2.24) is 4.98 Å². The molecule has 0 aliphatic rings. The first-order valence-electron chi connectivity index (χ1n) is 5.64. The molecule has 0 saturated heterocycles. The van der Waals surface area contributed by atoms with E-state index in [-0.39, 0.29) is 5.56 Å². The number of fused-ring (bicyclic) bond motifs is 1. The number of aromatic carboxylic acids is 1. The number of nitrogens with zero attached hydrogens (tertiary/aromatic N) is 1. The smallest absolute Gasteiger partial charge is 0.336 e. The first-order chi connectivity index (χ1) is 9.56. The molecule has 0 fully saturated rings. The van der Waals surface area contributed by atoms with Crippen LogP contribution in [0.4, 0.5) is 0 Å². The Morgan fingerprint density at radius 3 is 2.75 bits per heavy atom. The maximum Gasteiger partial charge on any atom is 0.336 e. The first kappa shape index (κ1) is 13.5. The van der Waals surface area contributed by atoms with Crippen molar-refractivity contribution in [3.63, 3.8) is 0 Å². The van der Waals surface area contributed by atoms with E-state index in [0.717, 1.165) is 9.35 Å². The van der Waals surface area contributed by atoms with Gasteiger partial charge in [0.1, 0.15) is 0 Å². The Labute approximate surface area is 132 Å². The summed E-state index contributed by atoms with van der Waals surface area (Å²) >= 11 is 10.7. The standard InChI is InChI=1S/C14H7BrClNO2S/c15-9-3-1-2-7-8(14(18)19)6-10(17-13(7)9)11-4-5-12(16)20-11/h1-6H,(H,18,19). The molecule has 100 valence electrons. The number of hydrogen-bond donors (Lipinski definition) is 1. The maximum atomic E-state index is 11.4. The summed E-state index contributed by atoms with van der Waals surface area (Å²) in [7, 11) is 0. The number of aromatic nitrogens is 1. The van der Waals surface area contributed by atoms with Gasteiger partial charge in [0.05, 0.1) is 26.0 Å². The summed E-state index contributed by atoms with van der Waals surface area (Å²) in [4.78, 5) is 16.8. The quantitative estimate of drug-likeness (QED) is 0.686. The van der Waals surface area contributed by atoms with Crippen LogP contribution in [0, 0.1) is 0 Å². The molecule has 0 atom stereocenters. The van der Waals surface area contributed by atoms with Crippen molar-refractivity contribution in [1.29, 1.82) is 0 Å². The van der Waals surface area contributed by atoms with Crippen LogP contribution >= 0.6 is 38.9 Å². The topological polar surface area (TPSA) is 50.2 Å². The average molecular weight is 369 g/mol. The molecular formula is C14H7BrClNO2S. The number of thiophene rings is 1. The summed E-state index contributed by atoms with van der Waals surface area (Å²) in [6, 6.07) is 10.6. The van der Waals surface area contributed by atoms with Crippen molar-refractivity contribution in [2.75, 3.05) is 0 Å². The second-order valence-corrected chi connectivity index (χ2v) is 6.67. The number of hydrogen-bond acceptors (Lipinski definition) is 3. The number of pyridine rings is 1. The van der Waals surface area contributed by atoms with Crippen LogP contribution in [0.5, 0.6) is 0 Å². The van der Waals surface area contributed by atoms with Gasteiger partial charge in [0, 0.05) is 9.86 Å². The van der Waals surface area contributed by atoms with E-state index >= 15 is 0 Å². The maximum absolute atomic E-state index is 11.4. The number of carboxylic acid groups (broad SMARTS) is 1. The Kier molecular flexibility index (Phi) is 3.50. The highest BCUT2D eigenvalue weighted by Crippen LogP contribution is 2.33. The molecule has 0 bridgehead atoms. The molecule has 6 heteroatoms. The monoisotopic (exact) mass is 367 g/mol. The number of benzene rings is 1. The van der Waals surface area contributed by atoms with Crippen molar-refractivity contribution >= 4 is 55.7 Å². The largest absolute Gasteiger partial charge is 0.478 e. The van der Waals surface area contributed by atoms with E-state index < -0.39 is 5.97 Å². The molecule has 3 nitrogen and oxygen atoms in total. The molecule has 0 unspecified atom stereocenters. The van der Waals surface area contributed by atoms with Crippen molar-refractivity contribution in [2.45, 2.75) is 0 Å². The third-order valence-corrected chi connectivity index (χ3v) is 4.74. The highest BCUT2D eigenvalue weighted by Gasteiger charge is 2.15. The van der Waals surface area contributed by atoms with Crippen LogP contribution in [0.1, 0.15) is 10.4 Å². The summed E-state index contributed by atoms with van der Waals surface area (Å²) in [6.45, 7) is 0. The minimum atomic E-state index is -0.973. The first-order valence-corrected chi connectivity index (χ1v) is 7.63. The molecular weight excluding hydrogens is 362 g/mol. The van der Waals surface area contributed by atoms with E-state index in [1.807, 2.05) is 12.1 Å². The minimum Gasteiger partial charge on any atom is -0.478 e. The van der Waals surface area contributed by atoms with Crippen LogP contribution in [0.3, 0.4) is 0 Å². The molecule has 2 aromatic heterocycles. The zero-order chi connectivity index (χ0) is 14.3. The Balaban J connectivity index is 2.35. The summed E-state index contributed by atoms with van der Waals surface area (Å²) in [5, 5.41) is 9.99. The van der Waals surface area contributed by atoms with Gasteiger partial charge in [-0.05, 0) is 40.2 Å².